The predicted molar refractivity (Wildman–Crippen MR) is 86.8 cm³/mol. The third-order valence-electron chi connectivity index (χ3n) is 4.60. The summed E-state index contributed by atoms with van der Waals surface area (Å²) in [6.45, 7) is 1.36. The molecule has 0 amide bonds. The maximum Gasteiger partial charge on any atom is 0.315 e. The van der Waals surface area contributed by atoms with E-state index < -0.39 is 0 Å². The quantitative estimate of drug-likeness (QED) is 0.857. The highest BCUT2D eigenvalue weighted by Gasteiger charge is 2.34. The van der Waals surface area contributed by atoms with Gasteiger partial charge in [-0.25, -0.2) is 0 Å². The van der Waals surface area contributed by atoms with Crippen LogP contribution in [-0.4, -0.2) is 23.3 Å². The van der Waals surface area contributed by atoms with Gasteiger partial charge in [0.05, 0.1) is 0 Å². The predicted octanol–water partition coefficient (Wildman–Crippen LogP) is 2.88. The van der Waals surface area contributed by atoms with Crippen molar-refractivity contribution in [1.82, 2.24) is 10.2 Å². The van der Waals surface area contributed by atoms with Crippen LogP contribution in [0.2, 0.25) is 0 Å². The van der Waals surface area contributed by atoms with Crippen molar-refractivity contribution in [1.29, 1.82) is 0 Å². The SMILES string of the molecule is NCCc1nnc(NCC2(c3ccccc3)CCCCC2)o1. The largest absolute Gasteiger partial charge is 0.408 e. The third kappa shape index (κ3) is 3.30. The minimum atomic E-state index is 0.169. The molecule has 22 heavy (non-hydrogen) atoms. The van der Waals surface area contributed by atoms with Gasteiger partial charge in [-0.05, 0) is 18.4 Å². The van der Waals surface area contributed by atoms with Crippen LogP contribution in [-0.2, 0) is 11.8 Å². The summed E-state index contributed by atoms with van der Waals surface area (Å²) in [6.07, 6.45) is 6.91. The topological polar surface area (TPSA) is 77.0 Å². The van der Waals surface area contributed by atoms with Crippen molar-refractivity contribution < 1.29 is 4.42 Å². The van der Waals surface area contributed by atoms with E-state index in [0.29, 0.717) is 24.9 Å². The first-order valence-electron chi connectivity index (χ1n) is 8.14. The Labute approximate surface area is 131 Å². The van der Waals surface area contributed by atoms with Crippen molar-refractivity contribution in [3.63, 3.8) is 0 Å². The maximum atomic E-state index is 5.58. The Hall–Kier alpha value is -1.88. The third-order valence-corrected chi connectivity index (χ3v) is 4.60. The molecule has 1 saturated carbocycles. The molecule has 1 aromatic carbocycles. The minimum absolute atomic E-state index is 0.169. The number of hydrogen-bond donors (Lipinski definition) is 2. The zero-order valence-electron chi connectivity index (χ0n) is 12.9. The molecule has 3 rings (SSSR count). The van der Waals surface area contributed by atoms with E-state index in [0.717, 1.165) is 6.54 Å². The standard InChI is InChI=1S/C17H24N4O/c18-12-9-15-20-21-16(22-15)19-13-17(10-5-2-6-11-17)14-7-3-1-4-8-14/h1,3-4,7-8H,2,5-6,9-13,18H2,(H,19,21). The fourth-order valence-electron chi connectivity index (χ4n) is 3.38. The van der Waals surface area contributed by atoms with E-state index in [2.05, 4.69) is 45.8 Å². The number of nitrogens with one attached hydrogen (secondary N) is 1. The van der Waals surface area contributed by atoms with Gasteiger partial charge in [0.1, 0.15) is 0 Å². The zero-order valence-corrected chi connectivity index (χ0v) is 12.9. The molecule has 0 atom stereocenters. The molecule has 1 aliphatic rings. The van der Waals surface area contributed by atoms with Crippen LogP contribution in [0.4, 0.5) is 6.01 Å². The molecule has 0 unspecified atom stereocenters. The molecular weight excluding hydrogens is 276 g/mol. The molecule has 1 fully saturated rings. The van der Waals surface area contributed by atoms with E-state index in [4.69, 9.17) is 10.2 Å². The van der Waals surface area contributed by atoms with E-state index in [1.807, 2.05) is 0 Å². The lowest BCUT2D eigenvalue weighted by Gasteiger charge is -2.37. The number of nitrogens with two attached hydrogens (primary N) is 1. The normalized spacial score (nSPS) is 17.3. The van der Waals surface area contributed by atoms with Gasteiger partial charge in [0.15, 0.2) is 0 Å². The van der Waals surface area contributed by atoms with Crippen LogP contribution in [0.5, 0.6) is 0 Å². The van der Waals surface area contributed by atoms with Gasteiger partial charge < -0.3 is 15.5 Å². The number of hydrogen-bond acceptors (Lipinski definition) is 5. The van der Waals surface area contributed by atoms with Crippen molar-refractivity contribution in [3.8, 4) is 0 Å². The van der Waals surface area contributed by atoms with Crippen molar-refractivity contribution in [3.05, 3.63) is 41.8 Å². The second-order valence-corrected chi connectivity index (χ2v) is 6.10. The number of nitrogens with zero attached hydrogens (tertiary/aromatic N) is 2. The second kappa shape index (κ2) is 6.92. The average Bonchev–Trinajstić information content (AvgIpc) is 3.03. The summed E-state index contributed by atoms with van der Waals surface area (Å²) in [5.74, 6) is 0.599. The lowest BCUT2D eigenvalue weighted by atomic mass is 9.69. The summed E-state index contributed by atoms with van der Waals surface area (Å²) in [5, 5.41) is 11.4. The van der Waals surface area contributed by atoms with E-state index in [-0.39, 0.29) is 5.41 Å². The summed E-state index contributed by atoms with van der Waals surface area (Å²) in [5.41, 5.74) is 7.08. The number of anilines is 1. The summed E-state index contributed by atoms with van der Waals surface area (Å²) >= 11 is 0. The van der Waals surface area contributed by atoms with Crippen LogP contribution in [0.1, 0.15) is 43.6 Å². The summed E-state index contributed by atoms with van der Waals surface area (Å²) in [6, 6.07) is 11.3. The Morgan fingerprint density at radius 1 is 1.09 bits per heavy atom. The molecule has 5 nitrogen and oxygen atoms in total. The van der Waals surface area contributed by atoms with Gasteiger partial charge in [-0.2, -0.15) is 0 Å². The Kier molecular flexibility index (Phi) is 4.73. The Morgan fingerprint density at radius 3 is 2.59 bits per heavy atom. The first-order chi connectivity index (χ1) is 10.8. The Morgan fingerprint density at radius 2 is 1.86 bits per heavy atom. The van der Waals surface area contributed by atoms with Crippen LogP contribution in [0, 0.1) is 0 Å². The highest BCUT2D eigenvalue weighted by atomic mass is 16.4. The smallest absolute Gasteiger partial charge is 0.315 e. The molecular formula is C17H24N4O. The molecule has 0 aliphatic heterocycles. The van der Waals surface area contributed by atoms with Crippen LogP contribution in [0.25, 0.3) is 0 Å². The number of benzene rings is 1. The summed E-state index contributed by atoms with van der Waals surface area (Å²) < 4.78 is 5.58. The monoisotopic (exact) mass is 300 g/mol. The maximum absolute atomic E-state index is 5.58. The van der Waals surface area contributed by atoms with E-state index in [9.17, 15) is 0 Å². The average molecular weight is 300 g/mol. The molecule has 0 spiro atoms. The van der Waals surface area contributed by atoms with Gasteiger partial charge in [-0.15, -0.1) is 5.10 Å². The molecule has 1 aliphatic carbocycles. The molecule has 2 aromatic rings. The fourth-order valence-corrected chi connectivity index (χ4v) is 3.38. The highest BCUT2D eigenvalue weighted by Crippen LogP contribution is 2.39. The van der Waals surface area contributed by atoms with Crippen molar-refractivity contribution in [2.45, 2.75) is 43.9 Å². The molecule has 3 N–H and O–H groups in total. The van der Waals surface area contributed by atoms with Crippen LogP contribution >= 0.6 is 0 Å². The lowest BCUT2D eigenvalue weighted by molar-refractivity contribution is 0.305. The van der Waals surface area contributed by atoms with E-state index >= 15 is 0 Å². The zero-order chi connectivity index (χ0) is 15.3. The summed E-state index contributed by atoms with van der Waals surface area (Å²) in [7, 11) is 0. The van der Waals surface area contributed by atoms with Gasteiger partial charge in [-0.1, -0.05) is 54.7 Å². The second-order valence-electron chi connectivity index (χ2n) is 6.10. The molecule has 0 radical (unpaired) electrons. The van der Waals surface area contributed by atoms with Gasteiger partial charge in [0.2, 0.25) is 5.89 Å². The molecule has 1 aromatic heterocycles. The van der Waals surface area contributed by atoms with Gasteiger partial charge in [0.25, 0.3) is 0 Å². The Balaban J connectivity index is 1.73. The Bertz CT molecular complexity index is 575. The van der Waals surface area contributed by atoms with Crippen molar-refractivity contribution in [2.75, 3.05) is 18.4 Å². The molecule has 5 heteroatoms. The van der Waals surface area contributed by atoms with Crippen LogP contribution in [0.15, 0.2) is 34.7 Å². The molecule has 1 heterocycles. The van der Waals surface area contributed by atoms with Crippen LogP contribution in [0.3, 0.4) is 0 Å². The minimum Gasteiger partial charge on any atom is -0.408 e. The molecule has 0 bridgehead atoms. The van der Waals surface area contributed by atoms with E-state index in [1.165, 1.54) is 37.7 Å². The van der Waals surface area contributed by atoms with E-state index in [1.54, 1.807) is 0 Å². The first kappa shape index (κ1) is 15.0. The molecule has 118 valence electrons. The highest BCUT2D eigenvalue weighted by molar-refractivity contribution is 5.30. The fraction of sp³-hybridized carbons (Fsp3) is 0.529. The van der Waals surface area contributed by atoms with Gasteiger partial charge >= 0.3 is 6.01 Å². The molecule has 0 saturated heterocycles. The van der Waals surface area contributed by atoms with Crippen LogP contribution < -0.4 is 11.1 Å². The number of rotatable bonds is 6. The lowest BCUT2D eigenvalue weighted by Crippen LogP contribution is -2.36. The van der Waals surface area contributed by atoms with Gasteiger partial charge in [-0.3, -0.25) is 0 Å². The van der Waals surface area contributed by atoms with Crippen molar-refractivity contribution >= 4 is 6.01 Å². The summed E-state index contributed by atoms with van der Waals surface area (Å²) in [4.78, 5) is 0. The van der Waals surface area contributed by atoms with Gasteiger partial charge in [0, 0.05) is 24.9 Å². The van der Waals surface area contributed by atoms with Crippen molar-refractivity contribution in [2.24, 2.45) is 5.73 Å². The first-order valence-corrected chi connectivity index (χ1v) is 8.14. The number of aromatic nitrogens is 2.